The topological polar surface area (TPSA) is 59.6 Å². The van der Waals surface area contributed by atoms with Crippen molar-refractivity contribution in [3.8, 4) is 11.5 Å². The van der Waals surface area contributed by atoms with Crippen LogP contribution in [0.2, 0.25) is 0 Å². The Hall–Kier alpha value is -1.46. The van der Waals surface area contributed by atoms with Crippen molar-refractivity contribution in [1.29, 1.82) is 0 Å². The molecule has 2 aliphatic rings. The van der Waals surface area contributed by atoms with Crippen molar-refractivity contribution < 1.29 is 14.3 Å². The summed E-state index contributed by atoms with van der Waals surface area (Å²) in [7, 11) is 0. The third-order valence-corrected chi connectivity index (χ3v) is 5.55. The minimum atomic E-state index is 0. The molecule has 1 heterocycles. The molecule has 152 valence electrons. The van der Waals surface area contributed by atoms with Crippen LogP contribution in [-0.2, 0) is 4.79 Å². The van der Waals surface area contributed by atoms with Crippen LogP contribution in [0.3, 0.4) is 0 Å². The van der Waals surface area contributed by atoms with Gasteiger partial charge in [0, 0.05) is 5.92 Å². The zero-order valence-corrected chi connectivity index (χ0v) is 17.2. The summed E-state index contributed by atoms with van der Waals surface area (Å²) in [4.78, 5) is 12.6. The van der Waals surface area contributed by atoms with E-state index in [1.54, 1.807) is 0 Å². The van der Waals surface area contributed by atoms with Gasteiger partial charge in [-0.3, -0.25) is 4.79 Å². The fraction of sp³-hybridized carbons (Fsp3) is 0.667. The number of carbonyl (C=O) groups excluding carboxylic acids is 1. The van der Waals surface area contributed by atoms with E-state index >= 15 is 0 Å². The van der Waals surface area contributed by atoms with E-state index in [4.69, 9.17) is 9.47 Å². The summed E-state index contributed by atoms with van der Waals surface area (Å²) in [6.07, 6.45) is 5.31. The number of benzene rings is 1. The number of carbonyl (C=O) groups is 1. The fourth-order valence-corrected chi connectivity index (χ4v) is 3.60. The summed E-state index contributed by atoms with van der Waals surface area (Å²) in [5, 5.41) is 6.51. The first kappa shape index (κ1) is 21.8. The van der Waals surface area contributed by atoms with Gasteiger partial charge in [0.25, 0.3) is 0 Å². The monoisotopic (exact) mass is 396 g/mol. The first-order valence-electron chi connectivity index (χ1n) is 10.1. The molecule has 3 rings (SSSR count). The molecule has 0 aromatic heterocycles. The summed E-state index contributed by atoms with van der Waals surface area (Å²) in [5.74, 6) is 2.41. The van der Waals surface area contributed by atoms with Gasteiger partial charge >= 0.3 is 0 Å². The lowest BCUT2D eigenvalue weighted by molar-refractivity contribution is -0.128. The van der Waals surface area contributed by atoms with Crippen LogP contribution in [0.1, 0.15) is 46.0 Å². The second kappa shape index (κ2) is 10.8. The van der Waals surface area contributed by atoms with Gasteiger partial charge in [-0.15, -0.1) is 12.4 Å². The fourth-order valence-electron chi connectivity index (χ4n) is 3.60. The van der Waals surface area contributed by atoms with Gasteiger partial charge in [0.15, 0.2) is 0 Å². The van der Waals surface area contributed by atoms with Gasteiger partial charge in [-0.05, 0) is 69.0 Å². The van der Waals surface area contributed by atoms with Crippen LogP contribution in [0.15, 0.2) is 24.3 Å². The molecule has 0 bridgehead atoms. The SMILES string of the molecule is CCCOc1ccc(OC2CCCCC2NC(=O)C(C)C2CNC2)cc1.Cl. The second-order valence-corrected chi connectivity index (χ2v) is 7.58. The Kier molecular flexibility index (Phi) is 8.71. The Bertz CT molecular complexity index is 577. The molecule has 1 aromatic carbocycles. The molecule has 6 heteroatoms. The minimum absolute atomic E-state index is 0. The van der Waals surface area contributed by atoms with Gasteiger partial charge in [0.05, 0.1) is 12.6 Å². The highest BCUT2D eigenvalue weighted by Crippen LogP contribution is 2.26. The number of halogens is 1. The van der Waals surface area contributed by atoms with Crippen LogP contribution >= 0.6 is 12.4 Å². The summed E-state index contributed by atoms with van der Waals surface area (Å²) in [5.41, 5.74) is 0. The number of hydrogen-bond acceptors (Lipinski definition) is 4. The highest BCUT2D eigenvalue weighted by atomic mass is 35.5. The summed E-state index contributed by atoms with van der Waals surface area (Å²) in [6, 6.07) is 7.92. The van der Waals surface area contributed by atoms with E-state index in [-0.39, 0.29) is 36.4 Å². The molecule has 27 heavy (non-hydrogen) atoms. The highest BCUT2D eigenvalue weighted by Gasteiger charge is 2.33. The van der Waals surface area contributed by atoms with Crippen molar-refractivity contribution in [3.63, 3.8) is 0 Å². The number of nitrogens with one attached hydrogen (secondary N) is 2. The van der Waals surface area contributed by atoms with Gasteiger partial charge in [-0.2, -0.15) is 0 Å². The van der Waals surface area contributed by atoms with E-state index < -0.39 is 0 Å². The third kappa shape index (κ3) is 6.01. The van der Waals surface area contributed by atoms with Crippen LogP contribution in [0.5, 0.6) is 11.5 Å². The maximum Gasteiger partial charge on any atom is 0.223 e. The quantitative estimate of drug-likeness (QED) is 0.705. The maximum absolute atomic E-state index is 12.6. The van der Waals surface area contributed by atoms with Gasteiger partial charge in [0.2, 0.25) is 5.91 Å². The molecule has 0 radical (unpaired) electrons. The molecule has 2 fully saturated rings. The Morgan fingerprint density at radius 1 is 1.19 bits per heavy atom. The smallest absolute Gasteiger partial charge is 0.223 e. The summed E-state index contributed by atoms with van der Waals surface area (Å²) >= 11 is 0. The molecule has 1 aliphatic heterocycles. The van der Waals surface area contributed by atoms with E-state index in [2.05, 4.69) is 17.6 Å². The first-order chi connectivity index (χ1) is 12.7. The standard InChI is InChI=1S/C21H32N2O3.ClH/c1-3-12-25-17-8-10-18(11-9-17)26-20-7-5-4-6-19(20)23-21(24)15(2)16-13-22-14-16;/h8-11,15-16,19-20,22H,3-7,12-14H2,1-2H3,(H,23,24);1H. The predicted octanol–water partition coefficient (Wildman–Crippen LogP) is 3.56. The molecule has 3 unspecified atom stereocenters. The maximum atomic E-state index is 12.6. The van der Waals surface area contributed by atoms with Crippen LogP contribution < -0.4 is 20.1 Å². The van der Waals surface area contributed by atoms with Crippen molar-refractivity contribution in [3.05, 3.63) is 24.3 Å². The predicted molar refractivity (Wildman–Crippen MR) is 110 cm³/mol. The normalized spacial score (nSPS) is 23.5. The molecule has 5 nitrogen and oxygen atoms in total. The lowest BCUT2D eigenvalue weighted by atomic mass is 9.87. The number of hydrogen-bond donors (Lipinski definition) is 2. The lowest BCUT2D eigenvalue weighted by Crippen LogP contribution is -2.54. The zero-order valence-electron chi connectivity index (χ0n) is 16.4. The molecular weight excluding hydrogens is 364 g/mol. The average Bonchev–Trinajstić information content (AvgIpc) is 2.61. The van der Waals surface area contributed by atoms with Crippen LogP contribution in [0, 0.1) is 11.8 Å². The Balaban J connectivity index is 0.00000261. The first-order valence-corrected chi connectivity index (χ1v) is 10.1. The molecule has 2 N–H and O–H groups in total. The van der Waals surface area contributed by atoms with Crippen molar-refractivity contribution in [2.45, 2.75) is 58.1 Å². The zero-order chi connectivity index (χ0) is 18.4. The van der Waals surface area contributed by atoms with Crippen LogP contribution in [0.25, 0.3) is 0 Å². The number of rotatable bonds is 8. The Morgan fingerprint density at radius 2 is 1.85 bits per heavy atom. The van der Waals surface area contributed by atoms with E-state index in [1.807, 2.05) is 31.2 Å². The summed E-state index contributed by atoms with van der Waals surface area (Å²) < 4.78 is 11.8. The van der Waals surface area contributed by atoms with Gasteiger partial charge in [-0.1, -0.05) is 20.3 Å². The van der Waals surface area contributed by atoms with E-state index in [9.17, 15) is 4.79 Å². The molecular formula is C21H33ClN2O3. The van der Waals surface area contributed by atoms with Crippen LogP contribution in [0.4, 0.5) is 0 Å². The molecule has 1 saturated heterocycles. The highest BCUT2D eigenvalue weighted by molar-refractivity contribution is 5.85. The van der Waals surface area contributed by atoms with Crippen molar-refractivity contribution in [1.82, 2.24) is 10.6 Å². The third-order valence-electron chi connectivity index (χ3n) is 5.55. The van der Waals surface area contributed by atoms with Crippen LogP contribution in [-0.4, -0.2) is 37.7 Å². The second-order valence-electron chi connectivity index (χ2n) is 7.58. The minimum Gasteiger partial charge on any atom is -0.494 e. The van der Waals surface area contributed by atoms with Gasteiger partial charge < -0.3 is 20.1 Å². The van der Waals surface area contributed by atoms with E-state index in [0.29, 0.717) is 5.92 Å². The van der Waals surface area contributed by atoms with Crippen molar-refractivity contribution in [2.24, 2.45) is 11.8 Å². The average molecular weight is 397 g/mol. The Labute approximate surface area is 169 Å². The molecule has 3 atom stereocenters. The molecule has 1 aromatic rings. The van der Waals surface area contributed by atoms with Gasteiger partial charge in [-0.25, -0.2) is 0 Å². The van der Waals surface area contributed by atoms with E-state index in [0.717, 1.165) is 63.3 Å². The van der Waals surface area contributed by atoms with Crippen molar-refractivity contribution in [2.75, 3.05) is 19.7 Å². The van der Waals surface area contributed by atoms with E-state index in [1.165, 1.54) is 0 Å². The number of amides is 1. The largest absolute Gasteiger partial charge is 0.494 e. The molecule has 1 amide bonds. The molecule has 1 saturated carbocycles. The molecule has 0 spiro atoms. The summed E-state index contributed by atoms with van der Waals surface area (Å²) in [6.45, 7) is 6.76. The Morgan fingerprint density at radius 3 is 2.48 bits per heavy atom. The lowest BCUT2D eigenvalue weighted by Gasteiger charge is -2.36. The van der Waals surface area contributed by atoms with Gasteiger partial charge in [0.1, 0.15) is 17.6 Å². The number of ether oxygens (including phenoxy) is 2. The van der Waals surface area contributed by atoms with Crippen molar-refractivity contribution >= 4 is 18.3 Å². The molecule has 1 aliphatic carbocycles.